The van der Waals surface area contributed by atoms with Crippen molar-refractivity contribution in [2.45, 2.75) is 45.3 Å². The van der Waals surface area contributed by atoms with Gasteiger partial charge in [-0.2, -0.15) is 5.20 Å². The van der Waals surface area contributed by atoms with Gasteiger partial charge in [0.15, 0.2) is 36.1 Å². The molecule has 0 aromatic heterocycles. The van der Waals surface area contributed by atoms with Crippen molar-refractivity contribution in [1.29, 1.82) is 0 Å². The van der Waals surface area contributed by atoms with Gasteiger partial charge in [0.1, 0.15) is 0 Å². The maximum Gasteiger partial charge on any atom is 0.303 e. The molecule has 0 spiro atoms. The predicted octanol–water partition coefficient (Wildman–Crippen LogP) is 0.388. The fourth-order valence-corrected chi connectivity index (χ4v) is 4.99. The molecule has 11 nitrogen and oxygen atoms in total. The molecule has 1 saturated heterocycles. The van der Waals surface area contributed by atoms with Gasteiger partial charge in [-0.05, 0) is 24.0 Å². The van der Waals surface area contributed by atoms with Crippen LogP contribution in [-0.4, -0.2) is 61.3 Å². The van der Waals surface area contributed by atoms with Crippen LogP contribution in [0.1, 0.15) is 20.8 Å². The Labute approximate surface area is 201 Å². The first kappa shape index (κ1) is 27.1. The lowest BCUT2D eigenvalue weighted by molar-refractivity contribution is -0.227. The number of thiocarbonyl (C=S) groups is 1. The van der Waals surface area contributed by atoms with Gasteiger partial charge in [-0.25, -0.2) is 0 Å². The Morgan fingerprint density at radius 1 is 1.00 bits per heavy atom. The van der Waals surface area contributed by atoms with E-state index in [2.05, 4.69) is 15.9 Å². The van der Waals surface area contributed by atoms with Crippen LogP contribution in [0.5, 0.6) is 0 Å². The van der Waals surface area contributed by atoms with Gasteiger partial charge in [-0.1, -0.05) is 30.3 Å². The van der Waals surface area contributed by atoms with Gasteiger partial charge in [0.05, 0.1) is 6.61 Å². The Morgan fingerprint density at radius 3 is 2.12 bits per heavy atom. The van der Waals surface area contributed by atoms with Crippen LogP contribution in [0.2, 0.25) is 0 Å². The maximum atomic E-state index is 11.7. The molecule has 0 saturated carbocycles. The Bertz CT molecular complexity index is 920. The largest absolute Gasteiger partial charge is 0.456 e. The topological polar surface area (TPSA) is 133 Å². The minimum Gasteiger partial charge on any atom is -0.456 e. The summed E-state index contributed by atoms with van der Waals surface area (Å²) in [5, 5.41) is 6.57. The van der Waals surface area contributed by atoms with E-state index in [1.54, 1.807) is 0 Å². The van der Waals surface area contributed by atoms with E-state index in [4.69, 9.17) is 47.5 Å². The summed E-state index contributed by atoms with van der Waals surface area (Å²) >= 11 is 10.9. The lowest BCUT2D eigenvalue weighted by atomic mass is 10.0. The minimum atomic E-state index is -2.66. The number of benzene rings is 1. The quantitative estimate of drug-likeness (QED) is 0.144. The van der Waals surface area contributed by atoms with Gasteiger partial charge in [-0.3, -0.25) is 19.8 Å². The molecule has 5 atom stereocenters. The standard InChI is InChI=1S/C19H26N3O8PS2/c1-11(23)28-15-10-27-18(17(30-13(3)25)16(15)29-12(2)24)20-19(32)21-22-31(33,26-4)14-8-6-5-7-9-14/h5-9,15-18H,10H2,1-4H3,(H,22,33)(H2,20,21,32)/t15-,16+,17-,18-,31?/m1/s1. The summed E-state index contributed by atoms with van der Waals surface area (Å²) in [6.07, 6.45) is -6.95. The molecule has 3 N–H and O–H groups in total. The number of hydrogen-bond donors (Lipinski definition) is 3. The summed E-state index contributed by atoms with van der Waals surface area (Å²) in [6, 6.07) is 9.19. The van der Waals surface area contributed by atoms with Crippen molar-refractivity contribution in [3.63, 3.8) is 0 Å². The molecule has 1 aliphatic rings. The van der Waals surface area contributed by atoms with Gasteiger partial charge < -0.3 is 28.8 Å². The molecule has 0 amide bonds. The normalized spacial score (nSPS) is 24.0. The zero-order valence-corrected chi connectivity index (χ0v) is 21.0. The Balaban J connectivity index is 2.13. The van der Waals surface area contributed by atoms with Crippen molar-refractivity contribution in [3.05, 3.63) is 30.3 Å². The van der Waals surface area contributed by atoms with Crippen LogP contribution >= 0.6 is 18.6 Å². The monoisotopic (exact) mass is 519 g/mol. The first-order valence-corrected chi connectivity index (χ1v) is 12.9. The van der Waals surface area contributed by atoms with Gasteiger partial charge in [0, 0.05) is 33.2 Å². The van der Waals surface area contributed by atoms with E-state index in [0.717, 1.165) is 5.30 Å². The van der Waals surface area contributed by atoms with Crippen molar-refractivity contribution >= 4 is 58.8 Å². The van der Waals surface area contributed by atoms with Crippen LogP contribution in [0.15, 0.2) is 30.3 Å². The smallest absolute Gasteiger partial charge is 0.303 e. The van der Waals surface area contributed by atoms with Crippen molar-refractivity contribution in [2.24, 2.45) is 0 Å². The fourth-order valence-electron chi connectivity index (χ4n) is 2.99. The highest BCUT2D eigenvalue weighted by molar-refractivity contribution is 8.14. The number of nitrogens with one attached hydrogen (secondary N) is 3. The molecule has 2 rings (SSSR count). The maximum absolute atomic E-state index is 11.7. The minimum absolute atomic E-state index is 0.0480. The highest BCUT2D eigenvalue weighted by atomic mass is 32.4. The lowest BCUT2D eigenvalue weighted by Crippen LogP contribution is -2.63. The summed E-state index contributed by atoms with van der Waals surface area (Å²) in [5.41, 5.74) is 2.77. The highest BCUT2D eigenvalue weighted by Gasteiger charge is 2.47. The second-order valence-corrected chi connectivity index (χ2v) is 11.0. The molecule has 0 bridgehead atoms. The van der Waals surface area contributed by atoms with Crippen LogP contribution in [0.3, 0.4) is 0 Å². The Morgan fingerprint density at radius 2 is 1.58 bits per heavy atom. The first-order chi connectivity index (χ1) is 15.6. The van der Waals surface area contributed by atoms with Crippen LogP contribution < -0.4 is 21.2 Å². The molecule has 1 fully saturated rings. The third-order valence-electron chi connectivity index (χ3n) is 4.29. The van der Waals surface area contributed by atoms with Gasteiger partial charge in [0.2, 0.25) is 0 Å². The van der Waals surface area contributed by atoms with E-state index < -0.39 is 48.9 Å². The Hall–Kier alpha value is -2.15. The van der Waals surface area contributed by atoms with E-state index in [0.29, 0.717) is 0 Å². The number of ether oxygens (including phenoxy) is 4. The molecular formula is C19H26N3O8PS2. The Kier molecular flexibility index (Phi) is 10.1. The highest BCUT2D eigenvalue weighted by Crippen LogP contribution is 2.39. The molecule has 182 valence electrons. The second kappa shape index (κ2) is 12.4. The van der Waals surface area contributed by atoms with Crippen molar-refractivity contribution < 1.29 is 37.9 Å². The zero-order chi connectivity index (χ0) is 24.6. The van der Waals surface area contributed by atoms with E-state index >= 15 is 0 Å². The van der Waals surface area contributed by atoms with Gasteiger partial charge >= 0.3 is 17.9 Å². The summed E-state index contributed by atoms with van der Waals surface area (Å²) in [6.45, 7) is 3.44. The zero-order valence-electron chi connectivity index (χ0n) is 18.4. The summed E-state index contributed by atoms with van der Waals surface area (Å²) in [7, 11) is 1.48. The molecule has 1 aromatic rings. The summed E-state index contributed by atoms with van der Waals surface area (Å²) in [4.78, 5) is 34.8. The average molecular weight is 520 g/mol. The van der Waals surface area contributed by atoms with Crippen LogP contribution in [0.4, 0.5) is 0 Å². The van der Waals surface area contributed by atoms with Crippen molar-refractivity contribution in [1.82, 2.24) is 15.9 Å². The fraction of sp³-hybridized carbons (Fsp3) is 0.474. The SMILES string of the molecule is COP(=S)(NNC(=S)N[C@@H]1OC[C@@H](OC(C)=O)[C@H](OC(C)=O)[C@H]1OC(C)=O)c1ccccc1. The molecule has 1 unspecified atom stereocenters. The summed E-state index contributed by atoms with van der Waals surface area (Å²) in [5.74, 6) is -1.92. The van der Waals surface area contributed by atoms with Gasteiger partial charge in [-0.15, -0.1) is 0 Å². The number of rotatable bonds is 8. The number of hydrogen-bond acceptors (Lipinski definition) is 10. The van der Waals surface area contributed by atoms with Crippen LogP contribution in [-0.2, 0) is 49.7 Å². The van der Waals surface area contributed by atoms with E-state index in [1.165, 1.54) is 27.9 Å². The van der Waals surface area contributed by atoms with E-state index in [-0.39, 0.29) is 11.7 Å². The molecule has 1 aliphatic heterocycles. The third-order valence-corrected chi connectivity index (χ3v) is 7.77. The average Bonchev–Trinajstić information content (AvgIpc) is 2.75. The molecule has 1 aromatic carbocycles. The summed E-state index contributed by atoms with van der Waals surface area (Å²) < 4.78 is 27.0. The van der Waals surface area contributed by atoms with Crippen LogP contribution in [0.25, 0.3) is 0 Å². The number of carbonyl (C=O) groups is 3. The van der Waals surface area contributed by atoms with Crippen LogP contribution in [0, 0.1) is 0 Å². The molecule has 14 heteroatoms. The van der Waals surface area contributed by atoms with E-state index in [1.807, 2.05) is 30.3 Å². The third kappa shape index (κ3) is 7.98. The molecule has 1 heterocycles. The number of hydrazine groups is 1. The molecule has 0 radical (unpaired) electrons. The number of esters is 3. The molecular weight excluding hydrogens is 493 g/mol. The second-order valence-electron chi connectivity index (χ2n) is 6.83. The predicted molar refractivity (Wildman–Crippen MR) is 126 cm³/mol. The lowest BCUT2D eigenvalue weighted by Gasteiger charge is -2.40. The van der Waals surface area contributed by atoms with Gasteiger partial charge in [0.25, 0.3) is 0 Å². The van der Waals surface area contributed by atoms with Crippen molar-refractivity contribution in [2.75, 3.05) is 13.7 Å². The van der Waals surface area contributed by atoms with E-state index in [9.17, 15) is 14.4 Å². The van der Waals surface area contributed by atoms with Crippen molar-refractivity contribution in [3.8, 4) is 0 Å². The molecule has 33 heavy (non-hydrogen) atoms. The number of carbonyl (C=O) groups excluding carboxylic acids is 3. The molecule has 0 aliphatic carbocycles. The first-order valence-electron chi connectivity index (χ1n) is 9.74.